The first kappa shape index (κ1) is 25.5. The second kappa shape index (κ2) is 11.4. The van der Waals surface area contributed by atoms with Crippen molar-refractivity contribution in [1.29, 1.82) is 0 Å². The zero-order valence-corrected chi connectivity index (χ0v) is 19.9. The SMILES string of the molecule is Cc1cc(OCc2ccc(F)cc2F)c(Br)c(=O)n1Cc1ccc(CNC(=O)[C@@H](N)CO)cc1. The van der Waals surface area contributed by atoms with E-state index >= 15 is 0 Å². The number of aliphatic hydroxyl groups excluding tert-OH is 1. The number of aryl methyl sites for hydroxylation is 1. The van der Waals surface area contributed by atoms with Crippen molar-refractivity contribution in [3.8, 4) is 5.75 Å². The van der Waals surface area contributed by atoms with E-state index in [9.17, 15) is 18.4 Å². The maximum absolute atomic E-state index is 13.9. The number of aromatic nitrogens is 1. The monoisotopic (exact) mass is 535 g/mol. The van der Waals surface area contributed by atoms with E-state index < -0.39 is 30.2 Å². The number of rotatable bonds is 9. The largest absolute Gasteiger partial charge is 0.487 e. The third-order valence-corrected chi connectivity index (χ3v) is 5.91. The molecule has 2 aromatic carbocycles. The van der Waals surface area contributed by atoms with E-state index in [1.54, 1.807) is 17.6 Å². The van der Waals surface area contributed by atoms with Gasteiger partial charge in [-0.25, -0.2) is 8.78 Å². The average Bonchev–Trinajstić information content (AvgIpc) is 2.82. The van der Waals surface area contributed by atoms with Crippen LogP contribution in [0.15, 0.2) is 57.8 Å². The van der Waals surface area contributed by atoms with Crippen LogP contribution in [0.5, 0.6) is 5.75 Å². The van der Waals surface area contributed by atoms with Crippen molar-refractivity contribution in [2.24, 2.45) is 5.73 Å². The van der Waals surface area contributed by atoms with Crippen LogP contribution in [0.25, 0.3) is 0 Å². The molecule has 3 rings (SSSR count). The number of nitrogens with two attached hydrogens (primary N) is 1. The first-order chi connectivity index (χ1) is 16.2. The maximum atomic E-state index is 13.9. The van der Waals surface area contributed by atoms with Gasteiger partial charge in [0.15, 0.2) is 0 Å². The summed E-state index contributed by atoms with van der Waals surface area (Å²) in [5, 5.41) is 11.5. The highest BCUT2D eigenvalue weighted by atomic mass is 79.9. The Bertz CT molecular complexity index is 1230. The summed E-state index contributed by atoms with van der Waals surface area (Å²) in [7, 11) is 0. The number of halogens is 3. The van der Waals surface area contributed by atoms with Crippen molar-refractivity contribution in [3.05, 3.63) is 97.4 Å². The molecule has 1 amide bonds. The zero-order valence-electron chi connectivity index (χ0n) is 18.4. The van der Waals surface area contributed by atoms with Crippen LogP contribution in [0.4, 0.5) is 8.78 Å². The second-order valence-corrected chi connectivity index (χ2v) is 8.50. The van der Waals surface area contributed by atoms with Gasteiger partial charge in [0, 0.05) is 29.9 Å². The highest BCUT2D eigenvalue weighted by molar-refractivity contribution is 9.10. The minimum absolute atomic E-state index is 0.158. The summed E-state index contributed by atoms with van der Waals surface area (Å²) in [5.74, 6) is -1.58. The van der Waals surface area contributed by atoms with Gasteiger partial charge in [-0.05, 0) is 46.1 Å². The Labute approximate surface area is 203 Å². The van der Waals surface area contributed by atoms with Gasteiger partial charge in [0.05, 0.1) is 13.2 Å². The molecule has 0 bridgehead atoms. The summed E-state index contributed by atoms with van der Waals surface area (Å²) in [6, 6.07) is 11.3. The van der Waals surface area contributed by atoms with Crippen LogP contribution >= 0.6 is 15.9 Å². The number of amides is 1. The lowest BCUT2D eigenvalue weighted by Crippen LogP contribution is -2.42. The van der Waals surface area contributed by atoms with E-state index in [0.29, 0.717) is 12.2 Å². The number of carbonyl (C=O) groups excluding carboxylic acids is 1. The molecule has 1 atom stereocenters. The lowest BCUT2D eigenvalue weighted by molar-refractivity contribution is -0.123. The van der Waals surface area contributed by atoms with E-state index in [-0.39, 0.29) is 34.5 Å². The average molecular weight is 536 g/mol. The van der Waals surface area contributed by atoms with Gasteiger partial charge in [-0.15, -0.1) is 0 Å². The van der Waals surface area contributed by atoms with Gasteiger partial charge in [0.1, 0.15) is 34.5 Å². The maximum Gasteiger partial charge on any atom is 0.269 e. The van der Waals surface area contributed by atoms with Gasteiger partial charge in [0.2, 0.25) is 5.91 Å². The minimum atomic E-state index is -0.964. The van der Waals surface area contributed by atoms with Crippen molar-refractivity contribution >= 4 is 21.8 Å². The number of nitrogens with zero attached hydrogens (tertiary/aromatic N) is 1. The minimum Gasteiger partial charge on any atom is -0.487 e. The summed E-state index contributed by atoms with van der Waals surface area (Å²) in [4.78, 5) is 24.6. The van der Waals surface area contributed by atoms with Crippen LogP contribution < -0.4 is 21.3 Å². The molecule has 0 spiro atoms. The first-order valence-corrected chi connectivity index (χ1v) is 11.2. The van der Waals surface area contributed by atoms with E-state index in [1.807, 2.05) is 24.3 Å². The number of benzene rings is 2. The lowest BCUT2D eigenvalue weighted by atomic mass is 10.1. The highest BCUT2D eigenvalue weighted by Gasteiger charge is 2.14. The third kappa shape index (κ3) is 6.28. The molecule has 4 N–H and O–H groups in total. The Morgan fingerprint density at radius 3 is 2.50 bits per heavy atom. The molecule has 3 aromatic rings. The van der Waals surface area contributed by atoms with E-state index in [4.69, 9.17) is 15.6 Å². The molecule has 0 aliphatic rings. The molecule has 10 heteroatoms. The Kier molecular flexibility index (Phi) is 8.54. The predicted octanol–water partition coefficient (Wildman–Crippen LogP) is 2.76. The molecule has 1 heterocycles. The third-order valence-electron chi connectivity index (χ3n) is 5.18. The van der Waals surface area contributed by atoms with Crippen molar-refractivity contribution in [2.45, 2.75) is 32.7 Å². The topological polar surface area (TPSA) is 107 Å². The summed E-state index contributed by atoms with van der Waals surface area (Å²) < 4.78 is 34.3. The molecule has 0 aliphatic carbocycles. The van der Waals surface area contributed by atoms with Gasteiger partial charge < -0.3 is 25.5 Å². The second-order valence-electron chi connectivity index (χ2n) is 7.70. The lowest BCUT2D eigenvalue weighted by Gasteiger charge is -2.15. The number of carbonyl (C=O) groups is 1. The number of hydrogen-bond acceptors (Lipinski definition) is 5. The number of hydrogen-bond donors (Lipinski definition) is 3. The van der Waals surface area contributed by atoms with Crippen LogP contribution in [-0.2, 0) is 24.5 Å². The van der Waals surface area contributed by atoms with Crippen molar-refractivity contribution in [2.75, 3.05) is 6.61 Å². The van der Waals surface area contributed by atoms with Crippen molar-refractivity contribution in [3.63, 3.8) is 0 Å². The van der Waals surface area contributed by atoms with E-state index in [1.165, 1.54) is 6.07 Å². The number of nitrogens with one attached hydrogen (secondary N) is 1. The van der Waals surface area contributed by atoms with Crippen LogP contribution in [0, 0.1) is 18.6 Å². The Hall–Kier alpha value is -3.08. The van der Waals surface area contributed by atoms with Gasteiger partial charge in [0.25, 0.3) is 5.56 Å². The van der Waals surface area contributed by atoms with Crippen molar-refractivity contribution < 1.29 is 23.4 Å². The molecule has 0 radical (unpaired) electrons. The standard InChI is InChI=1S/C24H24BrF2N3O4/c1-14-8-21(34-13-17-6-7-18(26)9-19(17)27)22(25)24(33)30(14)11-16-4-2-15(3-5-16)10-29-23(32)20(28)12-31/h2-9,20,31H,10-13,28H2,1H3,(H,29,32)/t20-/m0/s1. The molecule has 0 aliphatic heterocycles. The number of ether oxygens (including phenoxy) is 1. The molecule has 0 saturated carbocycles. The molecular weight excluding hydrogens is 512 g/mol. The fourth-order valence-electron chi connectivity index (χ4n) is 3.16. The Morgan fingerprint density at radius 2 is 1.85 bits per heavy atom. The molecule has 34 heavy (non-hydrogen) atoms. The summed E-state index contributed by atoms with van der Waals surface area (Å²) in [6.45, 7) is 1.74. The van der Waals surface area contributed by atoms with Crippen LogP contribution in [0.3, 0.4) is 0 Å². The van der Waals surface area contributed by atoms with Crippen molar-refractivity contribution in [1.82, 2.24) is 9.88 Å². The molecule has 0 saturated heterocycles. The summed E-state index contributed by atoms with van der Waals surface area (Å²) in [6.07, 6.45) is 0. The van der Waals surface area contributed by atoms with Gasteiger partial charge in [-0.3, -0.25) is 9.59 Å². The van der Waals surface area contributed by atoms with Crippen LogP contribution in [0.1, 0.15) is 22.4 Å². The Balaban J connectivity index is 1.69. The zero-order chi connectivity index (χ0) is 24.8. The Morgan fingerprint density at radius 1 is 1.18 bits per heavy atom. The van der Waals surface area contributed by atoms with Crippen LogP contribution in [0.2, 0.25) is 0 Å². The smallest absolute Gasteiger partial charge is 0.269 e. The quantitative estimate of drug-likeness (QED) is 0.390. The van der Waals surface area contributed by atoms with Gasteiger partial charge in [-0.2, -0.15) is 0 Å². The molecule has 180 valence electrons. The number of pyridine rings is 1. The van der Waals surface area contributed by atoms with E-state index in [2.05, 4.69) is 21.2 Å². The fourth-order valence-corrected chi connectivity index (χ4v) is 3.60. The first-order valence-electron chi connectivity index (χ1n) is 10.4. The normalized spacial score (nSPS) is 11.8. The van der Waals surface area contributed by atoms with Crippen LogP contribution in [-0.4, -0.2) is 28.2 Å². The molecule has 0 fully saturated rings. The highest BCUT2D eigenvalue weighted by Crippen LogP contribution is 2.24. The molecule has 1 aromatic heterocycles. The van der Waals surface area contributed by atoms with E-state index in [0.717, 1.165) is 23.3 Å². The number of aliphatic hydroxyl groups is 1. The fraction of sp³-hybridized carbons (Fsp3) is 0.250. The predicted molar refractivity (Wildman–Crippen MR) is 126 cm³/mol. The molecule has 7 nitrogen and oxygen atoms in total. The van der Waals surface area contributed by atoms with Gasteiger partial charge >= 0.3 is 0 Å². The molecular formula is C24H24BrF2N3O4. The molecule has 0 unspecified atom stereocenters. The van der Waals surface area contributed by atoms with Gasteiger partial charge in [-0.1, -0.05) is 24.3 Å². The summed E-state index contributed by atoms with van der Waals surface area (Å²) in [5.41, 5.74) is 7.66. The summed E-state index contributed by atoms with van der Waals surface area (Å²) >= 11 is 3.27.